The third kappa shape index (κ3) is 2.42. The molecule has 1 aromatic carbocycles. The molecule has 2 rings (SSSR count). The molecule has 4 heteroatoms. The summed E-state index contributed by atoms with van der Waals surface area (Å²) >= 11 is 0. The zero-order valence-electron chi connectivity index (χ0n) is 10.7. The summed E-state index contributed by atoms with van der Waals surface area (Å²) in [5, 5.41) is 9.24. The molecular formula is C14H20N2O2. The molecule has 0 aromatic heterocycles. The van der Waals surface area contributed by atoms with E-state index in [2.05, 4.69) is 11.8 Å². The van der Waals surface area contributed by atoms with Crippen LogP contribution >= 0.6 is 0 Å². The fourth-order valence-corrected chi connectivity index (χ4v) is 2.65. The van der Waals surface area contributed by atoms with Crippen molar-refractivity contribution in [2.45, 2.75) is 26.2 Å². The number of carboxylic acids is 1. The number of anilines is 2. The van der Waals surface area contributed by atoms with Crippen LogP contribution in [0, 0.1) is 5.92 Å². The highest BCUT2D eigenvalue weighted by atomic mass is 16.4. The molecule has 0 amide bonds. The van der Waals surface area contributed by atoms with E-state index >= 15 is 0 Å². The third-order valence-electron chi connectivity index (χ3n) is 3.81. The summed E-state index contributed by atoms with van der Waals surface area (Å²) in [7, 11) is 0. The number of aromatic carboxylic acids is 1. The van der Waals surface area contributed by atoms with Crippen molar-refractivity contribution in [3.05, 3.63) is 23.8 Å². The minimum absolute atomic E-state index is 0.310. The molecule has 1 aromatic rings. The smallest absolute Gasteiger partial charge is 0.337 e. The molecule has 1 aliphatic heterocycles. The van der Waals surface area contributed by atoms with Gasteiger partial charge in [0.05, 0.1) is 16.9 Å². The molecule has 0 bridgehead atoms. The SMILES string of the molecule is CCC1CCN(c2c(N)cccc2C(=O)O)CC1. The third-order valence-corrected chi connectivity index (χ3v) is 3.81. The number of para-hydroxylation sites is 1. The van der Waals surface area contributed by atoms with E-state index in [9.17, 15) is 9.90 Å². The quantitative estimate of drug-likeness (QED) is 0.807. The van der Waals surface area contributed by atoms with Crippen molar-refractivity contribution in [3.8, 4) is 0 Å². The lowest BCUT2D eigenvalue weighted by Crippen LogP contribution is -2.35. The van der Waals surface area contributed by atoms with Gasteiger partial charge in [-0.3, -0.25) is 0 Å². The highest BCUT2D eigenvalue weighted by Gasteiger charge is 2.23. The molecule has 1 saturated heterocycles. The average Bonchev–Trinajstić information content (AvgIpc) is 2.38. The summed E-state index contributed by atoms with van der Waals surface area (Å²) in [6, 6.07) is 5.09. The first kappa shape index (κ1) is 12.7. The van der Waals surface area contributed by atoms with Gasteiger partial charge in [-0.2, -0.15) is 0 Å². The fraction of sp³-hybridized carbons (Fsp3) is 0.500. The zero-order chi connectivity index (χ0) is 13.1. The molecule has 0 saturated carbocycles. The maximum Gasteiger partial charge on any atom is 0.337 e. The summed E-state index contributed by atoms with van der Waals surface area (Å²) in [5.74, 6) is -0.144. The van der Waals surface area contributed by atoms with Crippen LogP contribution in [0.2, 0.25) is 0 Å². The number of hydrogen-bond acceptors (Lipinski definition) is 3. The molecule has 1 fully saturated rings. The Bertz CT molecular complexity index is 437. The summed E-state index contributed by atoms with van der Waals surface area (Å²) in [6.45, 7) is 4.00. The number of nitrogen functional groups attached to an aromatic ring is 1. The first-order chi connectivity index (χ1) is 8.63. The molecule has 3 N–H and O–H groups in total. The molecular weight excluding hydrogens is 228 g/mol. The van der Waals surface area contributed by atoms with Gasteiger partial charge in [-0.15, -0.1) is 0 Å². The van der Waals surface area contributed by atoms with Crippen LogP contribution in [0.1, 0.15) is 36.5 Å². The second-order valence-corrected chi connectivity index (χ2v) is 4.89. The van der Waals surface area contributed by atoms with Crippen molar-refractivity contribution in [2.24, 2.45) is 5.92 Å². The van der Waals surface area contributed by atoms with E-state index in [1.54, 1.807) is 18.2 Å². The average molecular weight is 248 g/mol. The van der Waals surface area contributed by atoms with Gasteiger partial charge in [0.1, 0.15) is 0 Å². The van der Waals surface area contributed by atoms with E-state index < -0.39 is 5.97 Å². The van der Waals surface area contributed by atoms with Crippen LogP contribution < -0.4 is 10.6 Å². The first-order valence-corrected chi connectivity index (χ1v) is 6.50. The molecule has 0 spiro atoms. The minimum Gasteiger partial charge on any atom is -0.478 e. The van der Waals surface area contributed by atoms with E-state index in [-0.39, 0.29) is 0 Å². The van der Waals surface area contributed by atoms with E-state index in [4.69, 9.17) is 5.73 Å². The molecule has 0 aliphatic carbocycles. The van der Waals surface area contributed by atoms with E-state index in [0.717, 1.165) is 31.8 Å². The number of hydrogen-bond donors (Lipinski definition) is 2. The topological polar surface area (TPSA) is 66.6 Å². The molecule has 1 heterocycles. The van der Waals surface area contributed by atoms with Gasteiger partial charge in [-0.25, -0.2) is 4.79 Å². The predicted molar refractivity (Wildman–Crippen MR) is 73.0 cm³/mol. The number of piperidine rings is 1. The summed E-state index contributed by atoms with van der Waals surface area (Å²) in [5.41, 5.74) is 7.52. The maximum atomic E-state index is 11.3. The van der Waals surface area contributed by atoms with Crippen LogP contribution in [-0.4, -0.2) is 24.2 Å². The molecule has 0 atom stereocenters. The van der Waals surface area contributed by atoms with E-state index in [1.165, 1.54) is 6.42 Å². The largest absolute Gasteiger partial charge is 0.478 e. The van der Waals surface area contributed by atoms with Crippen molar-refractivity contribution in [1.29, 1.82) is 0 Å². The molecule has 0 unspecified atom stereocenters. The first-order valence-electron chi connectivity index (χ1n) is 6.50. The molecule has 18 heavy (non-hydrogen) atoms. The maximum absolute atomic E-state index is 11.3. The van der Waals surface area contributed by atoms with Crippen LogP contribution in [0.4, 0.5) is 11.4 Å². The number of nitrogens with zero attached hydrogens (tertiary/aromatic N) is 1. The van der Waals surface area contributed by atoms with Crippen LogP contribution in [-0.2, 0) is 0 Å². The highest BCUT2D eigenvalue weighted by molar-refractivity contribution is 5.98. The predicted octanol–water partition coefficient (Wildman–Crippen LogP) is 2.59. The van der Waals surface area contributed by atoms with E-state index in [0.29, 0.717) is 16.9 Å². The van der Waals surface area contributed by atoms with Gasteiger partial charge < -0.3 is 15.7 Å². The molecule has 98 valence electrons. The number of carbonyl (C=O) groups is 1. The summed E-state index contributed by atoms with van der Waals surface area (Å²) in [6.07, 6.45) is 3.43. The van der Waals surface area contributed by atoms with E-state index in [1.807, 2.05) is 0 Å². The van der Waals surface area contributed by atoms with Crippen LogP contribution in [0.3, 0.4) is 0 Å². The van der Waals surface area contributed by atoms with Gasteiger partial charge in [-0.05, 0) is 30.9 Å². The van der Waals surface area contributed by atoms with Gasteiger partial charge >= 0.3 is 5.97 Å². The minimum atomic E-state index is -0.907. The Labute approximate surface area is 107 Å². The van der Waals surface area contributed by atoms with Gasteiger partial charge in [0.2, 0.25) is 0 Å². The van der Waals surface area contributed by atoms with Crippen molar-refractivity contribution in [1.82, 2.24) is 0 Å². The Morgan fingerprint density at radius 2 is 2.11 bits per heavy atom. The normalized spacial score (nSPS) is 16.8. The Balaban J connectivity index is 2.26. The van der Waals surface area contributed by atoms with Crippen molar-refractivity contribution >= 4 is 17.3 Å². The summed E-state index contributed by atoms with van der Waals surface area (Å²) < 4.78 is 0. The Kier molecular flexibility index (Phi) is 3.75. The van der Waals surface area contributed by atoms with Crippen LogP contribution in [0.15, 0.2) is 18.2 Å². The van der Waals surface area contributed by atoms with Crippen LogP contribution in [0.25, 0.3) is 0 Å². The molecule has 1 aliphatic rings. The highest BCUT2D eigenvalue weighted by Crippen LogP contribution is 2.32. The number of benzene rings is 1. The van der Waals surface area contributed by atoms with Crippen LogP contribution in [0.5, 0.6) is 0 Å². The number of rotatable bonds is 3. The Morgan fingerprint density at radius 1 is 1.44 bits per heavy atom. The molecule has 4 nitrogen and oxygen atoms in total. The Hall–Kier alpha value is -1.71. The second-order valence-electron chi connectivity index (χ2n) is 4.89. The van der Waals surface area contributed by atoms with Crippen molar-refractivity contribution in [3.63, 3.8) is 0 Å². The summed E-state index contributed by atoms with van der Waals surface area (Å²) in [4.78, 5) is 13.4. The lowest BCUT2D eigenvalue weighted by Gasteiger charge is -2.34. The standard InChI is InChI=1S/C14H20N2O2/c1-2-10-6-8-16(9-7-10)13-11(14(17)18)4-3-5-12(13)15/h3-5,10H,2,6-9,15H2,1H3,(H,17,18). The lowest BCUT2D eigenvalue weighted by molar-refractivity contribution is 0.0697. The monoisotopic (exact) mass is 248 g/mol. The van der Waals surface area contributed by atoms with Gasteiger partial charge in [0.15, 0.2) is 0 Å². The van der Waals surface area contributed by atoms with Gasteiger partial charge in [-0.1, -0.05) is 19.4 Å². The van der Waals surface area contributed by atoms with Crippen molar-refractivity contribution < 1.29 is 9.90 Å². The second kappa shape index (κ2) is 5.29. The van der Waals surface area contributed by atoms with Gasteiger partial charge in [0.25, 0.3) is 0 Å². The fourth-order valence-electron chi connectivity index (χ4n) is 2.65. The Morgan fingerprint density at radius 3 is 2.67 bits per heavy atom. The number of nitrogens with two attached hydrogens (primary N) is 1. The zero-order valence-corrected chi connectivity index (χ0v) is 10.7. The lowest BCUT2D eigenvalue weighted by atomic mass is 9.93. The van der Waals surface area contributed by atoms with Crippen molar-refractivity contribution in [2.75, 3.05) is 23.7 Å². The molecule has 0 radical (unpaired) electrons. The van der Waals surface area contributed by atoms with Gasteiger partial charge in [0, 0.05) is 13.1 Å². The number of carboxylic acid groups (broad SMARTS) is 1.